The lowest BCUT2D eigenvalue weighted by atomic mass is 9.88. The summed E-state index contributed by atoms with van der Waals surface area (Å²) in [6.45, 7) is 6.19. The summed E-state index contributed by atoms with van der Waals surface area (Å²) in [5.74, 6) is -1.04. The van der Waals surface area contributed by atoms with Gasteiger partial charge in [-0.3, -0.25) is 4.79 Å². The zero-order valence-corrected chi connectivity index (χ0v) is 13.7. The van der Waals surface area contributed by atoms with Crippen molar-refractivity contribution < 1.29 is 19.7 Å². The molecule has 0 heterocycles. The second-order valence-electron chi connectivity index (χ2n) is 5.69. The molecule has 1 atom stereocenters. The Balaban J connectivity index is 2.33. The van der Waals surface area contributed by atoms with Gasteiger partial charge in [0.25, 0.3) is 0 Å². The highest BCUT2D eigenvalue weighted by Gasteiger charge is 2.22. The highest BCUT2D eigenvalue weighted by molar-refractivity contribution is 5.77. The number of hydrogen-bond acceptors (Lipinski definition) is 3. The summed E-state index contributed by atoms with van der Waals surface area (Å²) >= 11 is 0. The van der Waals surface area contributed by atoms with Gasteiger partial charge in [0.05, 0.1) is 12.5 Å². The molecule has 0 saturated carbocycles. The molecular formula is C19H22O4. The van der Waals surface area contributed by atoms with Gasteiger partial charge in [0.15, 0.2) is 11.5 Å². The quantitative estimate of drug-likeness (QED) is 0.850. The molecule has 2 N–H and O–H groups in total. The number of benzene rings is 2. The summed E-state index contributed by atoms with van der Waals surface area (Å²) in [6.07, 6.45) is 0.347. The van der Waals surface area contributed by atoms with Gasteiger partial charge in [-0.2, -0.15) is 0 Å². The summed E-state index contributed by atoms with van der Waals surface area (Å²) in [4.78, 5) is 11.7. The Morgan fingerprint density at radius 1 is 1.17 bits per heavy atom. The van der Waals surface area contributed by atoms with Crippen LogP contribution in [0.1, 0.15) is 35.1 Å². The van der Waals surface area contributed by atoms with E-state index in [2.05, 4.69) is 0 Å². The topological polar surface area (TPSA) is 66.8 Å². The number of rotatable bonds is 6. The first kappa shape index (κ1) is 16.9. The van der Waals surface area contributed by atoms with Crippen molar-refractivity contribution in [3.8, 4) is 11.5 Å². The first-order valence-electron chi connectivity index (χ1n) is 7.67. The number of hydrogen-bond donors (Lipinski definition) is 2. The smallest absolute Gasteiger partial charge is 0.311 e. The van der Waals surface area contributed by atoms with Crippen molar-refractivity contribution >= 4 is 5.97 Å². The van der Waals surface area contributed by atoms with E-state index in [9.17, 15) is 15.0 Å². The zero-order valence-electron chi connectivity index (χ0n) is 13.7. The second-order valence-corrected chi connectivity index (χ2v) is 5.69. The molecule has 2 aromatic rings. The minimum absolute atomic E-state index is 0.0639. The van der Waals surface area contributed by atoms with Crippen molar-refractivity contribution in [2.45, 2.75) is 33.1 Å². The third-order valence-electron chi connectivity index (χ3n) is 3.86. The van der Waals surface area contributed by atoms with Gasteiger partial charge >= 0.3 is 5.97 Å². The summed E-state index contributed by atoms with van der Waals surface area (Å²) in [5.41, 5.74) is 3.72. The number of carbonyl (C=O) groups is 1. The molecule has 0 bridgehead atoms. The van der Waals surface area contributed by atoms with Crippen molar-refractivity contribution in [3.05, 3.63) is 58.7 Å². The molecule has 2 rings (SSSR count). The van der Waals surface area contributed by atoms with Crippen LogP contribution in [0.25, 0.3) is 0 Å². The molecule has 0 aliphatic heterocycles. The molecule has 23 heavy (non-hydrogen) atoms. The molecule has 0 aliphatic rings. The minimum atomic E-state index is -0.858. The maximum absolute atomic E-state index is 11.7. The average molecular weight is 314 g/mol. The molecule has 4 nitrogen and oxygen atoms in total. The SMILES string of the molecule is CCOc1cc(CC(C(=O)O)c2ccc(C)cc2C)ccc1O. The molecule has 0 fully saturated rings. The minimum Gasteiger partial charge on any atom is -0.504 e. The van der Waals surface area contributed by atoms with Gasteiger partial charge in [0.2, 0.25) is 0 Å². The lowest BCUT2D eigenvalue weighted by Gasteiger charge is -2.17. The van der Waals surface area contributed by atoms with Gasteiger partial charge in [-0.1, -0.05) is 29.8 Å². The number of aryl methyl sites for hydroxylation is 2. The average Bonchev–Trinajstić information content (AvgIpc) is 2.48. The van der Waals surface area contributed by atoms with Crippen LogP contribution in [0.4, 0.5) is 0 Å². The molecule has 0 aromatic heterocycles. The third kappa shape index (κ3) is 4.03. The second kappa shape index (κ2) is 7.18. The Bertz CT molecular complexity index is 707. The molecule has 1 unspecified atom stereocenters. The van der Waals surface area contributed by atoms with Gasteiger partial charge in [0, 0.05) is 0 Å². The molecule has 0 aliphatic carbocycles. The van der Waals surface area contributed by atoms with Gasteiger partial charge < -0.3 is 14.9 Å². The predicted molar refractivity (Wildman–Crippen MR) is 89.3 cm³/mol. The van der Waals surface area contributed by atoms with Crippen LogP contribution >= 0.6 is 0 Å². The van der Waals surface area contributed by atoms with Crippen molar-refractivity contribution in [1.82, 2.24) is 0 Å². The van der Waals surface area contributed by atoms with E-state index >= 15 is 0 Å². The van der Waals surface area contributed by atoms with E-state index < -0.39 is 11.9 Å². The molecule has 0 amide bonds. The van der Waals surface area contributed by atoms with E-state index in [0.717, 1.165) is 22.3 Å². The largest absolute Gasteiger partial charge is 0.504 e. The van der Waals surface area contributed by atoms with Crippen molar-refractivity contribution in [2.24, 2.45) is 0 Å². The Labute approximate surface area is 136 Å². The van der Waals surface area contributed by atoms with E-state index in [1.807, 2.05) is 39.0 Å². The molecule has 0 radical (unpaired) electrons. The predicted octanol–water partition coefficient (Wildman–Crippen LogP) is 3.82. The van der Waals surface area contributed by atoms with E-state index in [1.54, 1.807) is 18.2 Å². The summed E-state index contributed by atoms with van der Waals surface area (Å²) in [7, 11) is 0. The molecule has 0 spiro atoms. The Morgan fingerprint density at radius 2 is 1.91 bits per heavy atom. The fraction of sp³-hybridized carbons (Fsp3) is 0.316. The van der Waals surface area contributed by atoms with Gasteiger partial charge in [-0.15, -0.1) is 0 Å². The van der Waals surface area contributed by atoms with E-state index in [1.165, 1.54) is 0 Å². The monoisotopic (exact) mass is 314 g/mol. The number of phenols is 1. The van der Waals surface area contributed by atoms with E-state index in [-0.39, 0.29) is 5.75 Å². The number of ether oxygens (including phenoxy) is 1. The maximum Gasteiger partial charge on any atom is 0.311 e. The highest BCUT2D eigenvalue weighted by Crippen LogP contribution is 2.31. The Morgan fingerprint density at radius 3 is 2.52 bits per heavy atom. The normalized spacial score (nSPS) is 12.0. The van der Waals surface area contributed by atoms with Crippen LogP contribution in [-0.2, 0) is 11.2 Å². The number of phenolic OH excluding ortho intramolecular Hbond substituents is 1. The Kier molecular flexibility index (Phi) is 5.27. The standard InChI is InChI=1S/C19H22O4/c1-4-23-18-11-14(6-8-17(18)20)10-16(19(21)22)15-7-5-12(2)9-13(15)3/h5-9,11,16,20H,4,10H2,1-3H3,(H,21,22). The summed E-state index contributed by atoms with van der Waals surface area (Å²) in [5, 5.41) is 19.4. The lowest BCUT2D eigenvalue weighted by molar-refractivity contribution is -0.138. The van der Waals surface area contributed by atoms with Crippen LogP contribution < -0.4 is 4.74 Å². The van der Waals surface area contributed by atoms with E-state index in [0.29, 0.717) is 18.8 Å². The van der Waals surface area contributed by atoms with Crippen LogP contribution in [0.3, 0.4) is 0 Å². The van der Waals surface area contributed by atoms with Crippen molar-refractivity contribution in [3.63, 3.8) is 0 Å². The van der Waals surface area contributed by atoms with Crippen LogP contribution in [0.15, 0.2) is 36.4 Å². The van der Waals surface area contributed by atoms with E-state index in [4.69, 9.17) is 4.74 Å². The number of aromatic hydroxyl groups is 1. The molecule has 0 saturated heterocycles. The molecular weight excluding hydrogens is 292 g/mol. The third-order valence-corrected chi connectivity index (χ3v) is 3.86. The van der Waals surface area contributed by atoms with Crippen LogP contribution in [0.2, 0.25) is 0 Å². The summed E-state index contributed by atoms with van der Waals surface area (Å²) < 4.78 is 5.37. The van der Waals surface area contributed by atoms with Gasteiger partial charge in [0.1, 0.15) is 0 Å². The van der Waals surface area contributed by atoms with Crippen LogP contribution in [-0.4, -0.2) is 22.8 Å². The summed E-state index contributed by atoms with van der Waals surface area (Å²) in [6, 6.07) is 10.8. The molecule has 122 valence electrons. The van der Waals surface area contributed by atoms with Crippen LogP contribution in [0, 0.1) is 13.8 Å². The van der Waals surface area contributed by atoms with Gasteiger partial charge in [-0.05, 0) is 56.0 Å². The first-order valence-corrected chi connectivity index (χ1v) is 7.67. The zero-order chi connectivity index (χ0) is 17.0. The molecule has 4 heteroatoms. The van der Waals surface area contributed by atoms with Crippen molar-refractivity contribution in [1.29, 1.82) is 0 Å². The number of carboxylic acid groups (broad SMARTS) is 1. The van der Waals surface area contributed by atoms with Crippen molar-refractivity contribution in [2.75, 3.05) is 6.61 Å². The number of carboxylic acids is 1. The lowest BCUT2D eigenvalue weighted by Crippen LogP contribution is -2.15. The fourth-order valence-electron chi connectivity index (χ4n) is 2.74. The highest BCUT2D eigenvalue weighted by atomic mass is 16.5. The maximum atomic E-state index is 11.7. The van der Waals surface area contributed by atoms with Crippen LogP contribution in [0.5, 0.6) is 11.5 Å². The molecule has 2 aromatic carbocycles. The number of aliphatic carboxylic acids is 1. The fourth-order valence-corrected chi connectivity index (χ4v) is 2.74. The van der Waals surface area contributed by atoms with Gasteiger partial charge in [-0.25, -0.2) is 0 Å². The first-order chi connectivity index (χ1) is 10.9. The Hall–Kier alpha value is -2.49.